The Balaban J connectivity index is 1.97. The third-order valence-corrected chi connectivity index (χ3v) is 5.40. The van der Waals surface area contributed by atoms with E-state index in [1.807, 2.05) is 0 Å². The molecular formula is C21H18ClNO6. The quantitative estimate of drug-likeness (QED) is 0.700. The number of carbonyl (C=O) groups excluding carboxylic acids is 1. The van der Waals surface area contributed by atoms with Crippen LogP contribution < -0.4 is 25.0 Å². The monoisotopic (exact) mass is 415 g/mol. The first-order valence-electron chi connectivity index (χ1n) is 8.77. The van der Waals surface area contributed by atoms with Crippen LogP contribution in [0.2, 0.25) is 5.02 Å². The Morgan fingerprint density at radius 3 is 2.24 bits per heavy atom. The van der Waals surface area contributed by atoms with E-state index in [1.165, 1.54) is 21.3 Å². The number of rotatable bonds is 4. The molecule has 8 heteroatoms. The number of amides is 1. The molecule has 1 aliphatic rings. The van der Waals surface area contributed by atoms with Gasteiger partial charge in [0.15, 0.2) is 16.9 Å². The number of halogens is 1. The van der Waals surface area contributed by atoms with Gasteiger partial charge in [-0.3, -0.25) is 9.59 Å². The minimum Gasteiger partial charge on any atom is -0.493 e. The van der Waals surface area contributed by atoms with Crippen LogP contribution in [-0.4, -0.2) is 27.2 Å². The third kappa shape index (κ3) is 2.89. The Morgan fingerprint density at radius 2 is 1.66 bits per heavy atom. The summed E-state index contributed by atoms with van der Waals surface area (Å²) in [7, 11) is 4.49. The minimum absolute atomic E-state index is 0.0111. The summed E-state index contributed by atoms with van der Waals surface area (Å²) in [6, 6.07) is 5.86. The predicted octanol–water partition coefficient (Wildman–Crippen LogP) is 3.61. The molecule has 0 saturated heterocycles. The first-order chi connectivity index (χ1) is 13.9. The van der Waals surface area contributed by atoms with Crippen molar-refractivity contribution in [3.63, 3.8) is 0 Å². The van der Waals surface area contributed by atoms with Gasteiger partial charge in [0.1, 0.15) is 5.58 Å². The van der Waals surface area contributed by atoms with Gasteiger partial charge in [-0.05, 0) is 42.3 Å². The molecule has 7 nitrogen and oxygen atoms in total. The lowest BCUT2D eigenvalue weighted by Crippen LogP contribution is -2.22. The second-order valence-corrected chi connectivity index (χ2v) is 7.04. The van der Waals surface area contributed by atoms with Gasteiger partial charge in [0.2, 0.25) is 11.5 Å². The molecule has 0 bridgehead atoms. The number of ether oxygens (including phenoxy) is 3. The molecule has 1 aromatic heterocycles. The molecule has 0 spiro atoms. The van der Waals surface area contributed by atoms with Crippen LogP contribution >= 0.6 is 11.6 Å². The topological polar surface area (TPSA) is 87.0 Å². The molecule has 29 heavy (non-hydrogen) atoms. The van der Waals surface area contributed by atoms with Crippen molar-refractivity contribution in [1.29, 1.82) is 0 Å². The standard InChI is InChI=1S/C21H18ClNO6/c1-9-5-13-11(8-12(9)22)18(24)16-17(23-21(25)20(16)29-13)10-6-14(26-2)19(28-4)15(7-10)27-3/h5-8,17H,1-4H3,(H,23,25). The molecule has 1 N–H and O–H groups in total. The molecule has 150 valence electrons. The maximum absolute atomic E-state index is 13.2. The molecule has 1 aliphatic heterocycles. The van der Waals surface area contributed by atoms with Crippen LogP contribution in [0.5, 0.6) is 17.2 Å². The lowest BCUT2D eigenvalue weighted by molar-refractivity contribution is 0.0937. The van der Waals surface area contributed by atoms with Gasteiger partial charge in [0, 0.05) is 5.02 Å². The molecule has 0 saturated carbocycles. The van der Waals surface area contributed by atoms with Crippen LogP contribution in [0.25, 0.3) is 11.0 Å². The highest BCUT2D eigenvalue weighted by atomic mass is 35.5. The summed E-state index contributed by atoms with van der Waals surface area (Å²) in [6.07, 6.45) is 0. The van der Waals surface area contributed by atoms with Gasteiger partial charge >= 0.3 is 0 Å². The Hall–Kier alpha value is -3.19. The molecule has 3 aromatic rings. The molecule has 1 unspecified atom stereocenters. The third-order valence-electron chi connectivity index (χ3n) is 5.00. The average molecular weight is 416 g/mol. The van der Waals surface area contributed by atoms with Crippen molar-refractivity contribution >= 4 is 28.5 Å². The smallest absolute Gasteiger partial charge is 0.288 e. The molecule has 2 aromatic carbocycles. The maximum Gasteiger partial charge on any atom is 0.288 e. The van der Waals surface area contributed by atoms with Gasteiger partial charge in [-0.15, -0.1) is 0 Å². The fraction of sp³-hybridized carbons (Fsp3) is 0.238. The van der Waals surface area contributed by atoms with Gasteiger partial charge in [-0.2, -0.15) is 0 Å². The summed E-state index contributed by atoms with van der Waals surface area (Å²) in [4.78, 5) is 25.8. The Morgan fingerprint density at radius 1 is 1.00 bits per heavy atom. The van der Waals surface area contributed by atoms with Crippen molar-refractivity contribution in [3.05, 3.63) is 62.0 Å². The van der Waals surface area contributed by atoms with E-state index in [4.69, 9.17) is 30.2 Å². The summed E-state index contributed by atoms with van der Waals surface area (Å²) in [5.74, 6) is 0.756. The van der Waals surface area contributed by atoms with Gasteiger partial charge in [-0.1, -0.05) is 11.6 Å². The SMILES string of the molecule is COc1cc(C2NC(=O)c3oc4cc(C)c(Cl)cc4c(=O)c32)cc(OC)c1OC. The van der Waals surface area contributed by atoms with E-state index in [1.54, 1.807) is 31.2 Å². The highest BCUT2D eigenvalue weighted by molar-refractivity contribution is 6.32. The van der Waals surface area contributed by atoms with E-state index in [-0.39, 0.29) is 16.8 Å². The van der Waals surface area contributed by atoms with Crippen molar-refractivity contribution in [1.82, 2.24) is 5.32 Å². The molecule has 1 amide bonds. The Labute approximate surface area is 171 Å². The summed E-state index contributed by atoms with van der Waals surface area (Å²) < 4.78 is 21.9. The van der Waals surface area contributed by atoms with Crippen molar-refractivity contribution in [3.8, 4) is 17.2 Å². The number of methoxy groups -OCH3 is 3. The maximum atomic E-state index is 13.2. The molecule has 0 radical (unpaired) electrons. The Bertz CT molecular complexity index is 1190. The zero-order valence-electron chi connectivity index (χ0n) is 16.2. The average Bonchev–Trinajstić information content (AvgIpc) is 3.05. The summed E-state index contributed by atoms with van der Waals surface area (Å²) in [6.45, 7) is 1.80. The number of benzene rings is 2. The predicted molar refractivity (Wildman–Crippen MR) is 108 cm³/mol. The van der Waals surface area contributed by atoms with Gasteiger partial charge in [0.05, 0.1) is 38.3 Å². The molecule has 1 atom stereocenters. The minimum atomic E-state index is -0.730. The number of aryl methyl sites for hydroxylation is 1. The van der Waals surface area contributed by atoms with Gasteiger partial charge < -0.3 is 23.9 Å². The lowest BCUT2D eigenvalue weighted by atomic mass is 9.98. The van der Waals surface area contributed by atoms with Crippen LogP contribution in [0, 0.1) is 6.92 Å². The van der Waals surface area contributed by atoms with E-state index in [0.717, 1.165) is 5.56 Å². The van der Waals surface area contributed by atoms with Crippen LogP contribution in [0.15, 0.2) is 33.5 Å². The number of carbonyl (C=O) groups is 1. The van der Waals surface area contributed by atoms with E-state index < -0.39 is 11.9 Å². The highest BCUT2D eigenvalue weighted by Crippen LogP contribution is 2.42. The lowest BCUT2D eigenvalue weighted by Gasteiger charge is -2.17. The van der Waals surface area contributed by atoms with Crippen LogP contribution in [0.4, 0.5) is 0 Å². The normalized spacial score (nSPS) is 15.2. The second-order valence-electron chi connectivity index (χ2n) is 6.64. The zero-order valence-corrected chi connectivity index (χ0v) is 17.0. The van der Waals surface area contributed by atoms with Crippen molar-refractivity contribution in [2.75, 3.05) is 21.3 Å². The van der Waals surface area contributed by atoms with E-state index in [0.29, 0.717) is 38.8 Å². The summed E-state index contributed by atoms with van der Waals surface area (Å²) in [5.41, 5.74) is 1.56. The van der Waals surface area contributed by atoms with Crippen LogP contribution in [-0.2, 0) is 0 Å². The summed E-state index contributed by atoms with van der Waals surface area (Å²) >= 11 is 6.20. The van der Waals surface area contributed by atoms with Crippen molar-refractivity contribution in [2.24, 2.45) is 0 Å². The molecule has 2 heterocycles. The number of hydrogen-bond acceptors (Lipinski definition) is 6. The zero-order chi connectivity index (χ0) is 20.9. The molecule has 0 fully saturated rings. The van der Waals surface area contributed by atoms with E-state index >= 15 is 0 Å². The summed E-state index contributed by atoms with van der Waals surface area (Å²) in [5, 5.41) is 3.57. The van der Waals surface area contributed by atoms with E-state index in [9.17, 15) is 9.59 Å². The fourth-order valence-corrected chi connectivity index (χ4v) is 3.71. The number of nitrogens with one attached hydrogen (secondary N) is 1. The van der Waals surface area contributed by atoms with Gasteiger partial charge in [0.25, 0.3) is 5.91 Å². The van der Waals surface area contributed by atoms with Crippen LogP contribution in [0.1, 0.15) is 33.3 Å². The van der Waals surface area contributed by atoms with Crippen molar-refractivity contribution < 1.29 is 23.4 Å². The Kier molecular flexibility index (Phi) is 4.62. The molecular weight excluding hydrogens is 398 g/mol. The highest BCUT2D eigenvalue weighted by Gasteiger charge is 2.37. The van der Waals surface area contributed by atoms with Crippen LogP contribution in [0.3, 0.4) is 0 Å². The largest absolute Gasteiger partial charge is 0.493 e. The first-order valence-corrected chi connectivity index (χ1v) is 9.15. The fourth-order valence-electron chi connectivity index (χ4n) is 3.55. The van der Waals surface area contributed by atoms with E-state index in [2.05, 4.69) is 5.32 Å². The first kappa shape index (κ1) is 19.1. The van der Waals surface area contributed by atoms with Gasteiger partial charge in [-0.25, -0.2) is 0 Å². The van der Waals surface area contributed by atoms with Crippen molar-refractivity contribution in [2.45, 2.75) is 13.0 Å². The second kappa shape index (κ2) is 7.00. The molecule has 4 rings (SSSR count). The number of hydrogen-bond donors (Lipinski definition) is 1. The molecule has 0 aliphatic carbocycles. The number of fused-ring (bicyclic) bond motifs is 2.